The highest BCUT2D eigenvalue weighted by Crippen LogP contribution is 2.32. The lowest BCUT2D eigenvalue weighted by Gasteiger charge is -2.34. The van der Waals surface area contributed by atoms with Crippen molar-refractivity contribution < 1.29 is 21.6 Å². The van der Waals surface area contributed by atoms with Gasteiger partial charge in [0.05, 0.1) is 0 Å². The number of hydrogen-bond donors (Lipinski definition) is 1. The number of nitrogens with two attached hydrogens (primary N) is 1. The Morgan fingerprint density at radius 3 is 2.21 bits per heavy atom. The Bertz CT molecular complexity index is 301. The van der Waals surface area contributed by atoms with Gasteiger partial charge in [-0.25, -0.2) is 5.14 Å². The van der Waals surface area contributed by atoms with Crippen LogP contribution in [0.1, 0.15) is 19.3 Å². The highest BCUT2D eigenvalue weighted by molar-refractivity contribution is 7.86. The predicted molar refractivity (Wildman–Crippen MR) is 43.5 cm³/mol. The lowest BCUT2D eigenvalue weighted by atomic mass is 10.1. The summed E-state index contributed by atoms with van der Waals surface area (Å²) in [5.74, 6) is 0. The summed E-state index contributed by atoms with van der Waals surface area (Å²) < 4.78 is 59.1. The summed E-state index contributed by atoms with van der Waals surface area (Å²) >= 11 is 0. The van der Waals surface area contributed by atoms with Crippen LogP contribution in [0.2, 0.25) is 0 Å². The SMILES string of the molecule is NS(=O)(=O)N1CCCC[C@H]1C(F)(F)F. The van der Waals surface area contributed by atoms with Crippen molar-refractivity contribution in [3.05, 3.63) is 0 Å². The first-order chi connectivity index (χ1) is 6.23. The van der Waals surface area contributed by atoms with Gasteiger partial charge in [0.25, 0.3) is 10.2 Å². The molecule has 1 aliphatic heterocycles. The van der Waals surface area contributed by atoms with E-state index in [2.05, 4.69) is 0 Å². The number of hydrogen-bond acceptors (Lipinski definition) is 2. The summed E-state index contributed by atoms with van der Waals surface area (Å²) in [5.41, 5.74) is 0. The molecule has 1 rings (SSSR count). The fraction of sp³-hybridized carbons (Fsp3) is 1.00. The van der Waals surface area contributed by atoms with E-state index in [1.807, 2.05) is 0 Å². The van der Waals surface area contributed by atoms with Crippen molar-refractivity contribution in [1.82, 2.24) is 4.31 Å². The van der Waals surface area contributed by atoms with Crippen LogP contribution in [0.25, 0.3) is 0 Å². The zero-order chi connectivity index (χ0) is 11.0. The van der Waals surface area contributed by atoms with E-state index in [0.29, 0.717) is 17.1 Å². The topological polar surface area (TPSA) is 63.4 Å². The van der Waals surface area contributed by atoms with Gasteiger partial charge in [0.15, 0.2) is 0 Å². The number of nitrogens with zero attached hydrogens (tertiary/aromatic N) is 1. The van der Waals surface area contributed by atoms with E-state index in [0.717, 1.165) is 0 Å². The minimum Gasteiger partial charge on any atom is -0.216 e. The predicted octanol–water partition coefficient (Wildman–Crippen LogP) is 0.607. The van der Waals surface area contributed by atoms with Gasteiger partial charge < -0.3 is 0 Å². The van der Waals surface area contributed by atoms with Crippen LogP contribution in [0, 0.1) is 0 Å². The molecule has 0 radical (unpaired) electrons. The third-order valence-corrected chi connectivity index (χ3v) is 3.25. The van der Waals surface area contributed by atoms with Crippen LogP contribution in [0.15, 0.2) is 0 Å². The molecule has 1 saturated heterocycles. The maximum atomic E-state index is 12.4. The summed E-state index contributed by atoms with van der Waals surface area (Å²) in [5, 5.41) is 4.70. The van der Waals surface area contributed by atoms with Crippen LogP contribution in [0.4, 0.5) is 13.2 Å². The molecule has 2 N–H and O–H groups in total. The Kier molecular flexibility index (Phi) is 3.07. The van der Waals surface area contributed by atoms with Crippen molar-refractivity contribution in [3.63, 3.8) is 0 Å². The summed E-state index contributed by atoms with van der Waals surface area (Å²) in [6, 6.07) is -1.95. The van der Waals surface area contributed by atoms with Crippen molar-refractivity contribution in [2.75, 3.05) is 6.54 Å². The number of halogens is 3. The maximum absolute atomic E-state index is 12.4. The molecule has 0 aromatic carbocycles. The molecule has 0 aromatic rings. The molecule has 0 saturated carbocycles. The average Bonchev–Trinajstić information content (AvgIpc) is 2.01. The van der Waals surface area contributed by atoms with E-state index < -0.39 is 22.4 Å². The Hall–Kier alpha value is -0.340. The number of piperidine rings is 1. The van der Waals surface area contributed by atoms with E-state index >= 15 is 0 Å². The van der Waals surface area contributed by atoms with Crippen molar-refractivity contribution in [3.8, 4) is 0 Å². The standard InChI is InChI=1S/C6H11F3N2O2S/c7-6(8,9)5-3-1-2-4-11(5)14(10,12)13/h5H,1-4H2,(H2,10,12,13)/t5-/m0/s1. The minimum atomic E-state index is -4.53. The van der Waals surface area contributed by atoms with Gasteiger partial charge in [-0.2, -0.15) is 25.9 Å². The highest BCUT2D eigenvalue weighted by atomic mass is 32.2. The van der Waals surface area contributed by atoms with E-state index in [4.69, 9.17) is 5.14 Å². The normalized spacial score (nSPS) is 26.4. The molecule has 84 valence electrons. The zero-order valence-corrected chi connectivity index (χ0v) is 8.11. The number of rotatable bonds is 1. The van der Waals surface area contributed by atoms with Gasteiger partial charge in [-0.05, 0) is 12.8 Å². The van der Waals surface area contributed by atoms with Crippen molar-refractivity contribution >= 4 is 10.2 Å². The molecular formula is C6H11F3N2O2S. The second-order valence-corrected chi connectivity index (χ2v) is 4.71. The van der Waals surface area contributed by atoms with Gasteiger partial charge in [-0.15, -0.1) is 0 Å². The quantitative estimate of drug-likeness (QED) is 0.719. The molecule has 1 aliphatic rings. The second kappa shape index (κ2) is 3.67. The summed E-state index contributed by atoms with van der Waals surface area (Å²) in [6.45, 7) is -0.150. The average molecular weight is 232 g/mol. The third kappa shape index (κ3) is 2.58. The van der Waals surface area contributed by atoms with Crippen LogP contribution in [-0.2, 0) is 10.2 Å². The smallest absolute Gasteiger partial charge is 0.216 e. The lowest BCUT2D eigenvalue weighted by molar-refractivity contribution is -0.177. The molecule has 0 spiro atoms. The fourth-order valence-electron chi connectivity index (χ4n) is 1.54. The lowest BCUT2D eigenvalue weighted by Crippen LogP contribution is -2.53. The van der Waals surface area contributed by atoms with E-state index in [-0.39, 0.29) is 13.0 Å². The van der Waals surface area contributed by atoms with Crippen molar-refractivity contribution in [1.29, 1.82) is 0 Å². The molecule has 1 fully saturated rings. The molecule has 4 nitrogen and oxygen atoms in total. The van der Waals surface area contributed by atoms with Crippen molar-refractivity contribution in [2.45, 2.75) is 31.5 Å². The van der Waals surface area contributed by atoms with Crippen molar-refractivity contribution in [2.24, 2.45) is 5.14 Å². The molecule has 8 heteroatoms. The Morgan fingerprint density at radius 2 is 1.86 bits per heavy atom. The van der Waals surface area contributed by atoms with E-state index in [1.54, 1.807) is 0 Å². The Balaban J connectivity index is 2.91. The van der Waals surface area contributed by atoms with Gasteiger partial charge >= 0.3 is 6.18 Å². The summed E-state index contributed by atoms with van der Waals surface area (Å²) in [6.07, 6.45) is -3.95. The van der Waals surface area contributed by atoms with E-state index in [1.165, 1.54) is 0 Å². The molecule has 0 aromatic heterocycles. The molecule has 0 bridgehead atoms. The third-order valence-electron chi connectivity index (χ3n) is 2.16. The molecule has 1 atom stereocenters. The molecule has 0 amide bonds. The Morgan fingerprint density at radius 1 is 1.29 bits per heavy atom. The van der Waals surface area contributed by atoms with Crippen LogP contribution in [0.5, 0.6) is 0 Å². The maximum Gasteiger partial charge on any atom is 0.405 e. The van der Waals surface area contributed by atoms with Crippen LogP contribution in [-0.4, -0.2) is 31.5 Å². The summed E-state index contributed by atoms with van der Waals surface area (Å²) in [4.78, 5) is 0. The van der Waals surface area contributed by atoms with E-state index in [9.17, 15) is 21.6 Å². The largest absolute Gasteiger partial charge is 0.405 e. The molecule has 14 heavy (non-hydrogen) atoms. The fourth-order valence-corrected chi connectivity index (χ4v) is 2.50. The van der Waals surface area contributed by atoms with Crippen LogP contribution in [0.3, 0.4) is 0 Å². The van der Waals surface area contributed by atoms with Gasteiger partial charge in [0.1, 0.15) is 6.04 Å². The van der Waals surface area contributed by atoms with Crippen LogP contribution < -0.4 is 5.14 Å². The van der Waals surface area contributed by atoms with Gasteiger partial charge in [-0.3, -0.25) is 0 Å². The molecular weight excluding hydrogens is 221 g/mol. The molecule has 0 unspecified atom stereocenters. The zero-order valence-electron chi connectivity index (χ0n) is 7.29. The minimum absolute atomic E-state index is 0.150. The second-order valence-electron chi connectivity index (χ2n) is 3.21. The van der Waals surface area contributed by atoms with Crippen LogP contribution >= 0.6 is 0 Å². The molecule has 1 heterocycles. The first-order valence-electron chi connectivity index (χ1n) is 4.09. The first kappa shape index (κ1) is 11.7. The van der Waals surface area contributed by atoms with Gasteiger partial charge in [0, 0.05) is 6.54 Å². The first-order valence-corrected chi connectivity index (χ1v) is 5.59. The summed E-state index contributed by atoms with van der Waals surface area (Å²) in [7, 11) is -4.24. The number of alkyl halides is 3. The van der Waals surface area contributed by atoms with Gasteiger partial charge in [-0.1, -0.05) is 6.42 Å². The molecule has 0 aliphatic carbocycles. The Labute approximate surface area is 80.1 Å². The monoisotopic (exact) mass is 232 g/mol. The van der Waals surface area contributed by atoms with Gasteiger partial charge in [0.2, 0.25) is 0 Å². The highest BCUT2D eigenvalue weighted by Gasteiger charge is 2.47.